The number of carbonyl (C=O) groups excluding carboxylic acids is 4. The first-order valence-electron chi connectivity index (χ1n) is 9.44. The SMILES string of the molecule is CCCCOC(=O)c1ccc(OC(=O)CCN2C(=O)c3ccccc3C2=O)cc1. The van der Waals surface area contributed by atoms with E-state index in [1.165, 1.54) is 24.3 Å². The van der Waals surface area contributed by atoms with Gasteiger partial charge in [-0.15, -0.1) is 0 Å². The normalized spacial score (nSPS) is 12.7. The highest BCUT2D eigenvalue weighted by Gasteiger charge is 2.35. The molecule has 3 rings (SSSR count). The molecule has 0 spiro atoms. The van der Waals surface area contributed by atoms with Gasteiger partial charge >= 0.3 is 11.9 Å². The third kappa shape index (κ3) is 4.68. The maximum atomic E-state index is 12.3. The van der Waals surface area contributed by atoms with Crippen molar-refractivity contribution in [2.75, 3.05) is 13.2 Å². The van der Waals surface area contributed by atoms with Crippen molar-refractivity contribution in [3.05, 3.63) is 65.2 Å². The molecule has 0 saturated carbocycles. The van der Waals surface area contributed by atoms with Gasteiger partial charge in [0, 0.05) is 6.54 Å². The van der Waals surface area contributed by atoms with E-state index in [0.29, 0.717) is 23.3 Å². The molecule has 0 N–H and O–H groups in total. The summed E-state index contributed by atoms with van der Waals surface area (Å²) in [6.45, 7) is 2.31. The van der Waals surface area contributed by atoms with Gasteiger partial charge in [0.05, 0.1) is 29.7 Å². The summed E-state index contributed by atoms with van der Waals surface area (Å²) in [5.41, 5.74) is 1.05. The summed E-state index contributed by atoms with van der Waals surface area (Å²) in [7, 11) is 0. The van der Waals surface area contributed by atoms with Crippen molar-refractivity contribution in [3.63, 3.8) is 0 Å². The van der Waals surface area contributed by atoms with E-state index in [9.17, 15) is 19.2 Å². The number of rotatable bonds is 8. The fourth-order valence-corrected chi connectivity index (χ4v) is 2.88. The number of imide groups is 1. The van der Waals surface area contributed by atoms with Gasteiger partial charge in [-0.1, -0.05) is 25.5 Å². The standard InChI is InChI=1S/C22H21NO6/c1-2-3-14-28-22(27)15-8-10-16(11-9-15)29-19(24)12-13-23-20(25)17-6-4-5-7-18(17)21(23)26/h4-11H,2-3,12-14H2,1H3. The number of hydrogen-bond donors (Lipinski definition) is 0. The molecule has 0 bridgehead atoms. The third-order valence-corrected chi connectivity index (χ3v) is 4.47. The molecule has 0 fully saturated rings. The smallest absolute Gasteiger partial charge is 0.338 e. The Hall–Kier alpha value is -3.48. The molecule has 150 valence electrons. The van der Waals surface area contributed by atoms with Crippen LogP contribution >= 0.6 is 0 Å². The average molecular weight is 395 g/mol. The predicted molar refractivity (Wildman–Crippen MR) is 104 cm³/mol. The van der Waals surface area contributed by atoms with Crippen molar-refractivity contribution in [2.45, 2.75) is 26.2 Å². The van der Waals surface area contributed by atoms with Gasteiger partial charge < -0.3 is 9.47 Å². The van der Waals surface area contributed by atoms with E-state index in [-0.39, 0.29) is 18.7 Å². The average Bonchev–Trinajstić information content (AvgIpc) is 2.97. The van der Waals surface area contributed by atoms with E-state index in [2.05, 4.69) is 0 Å². The van der Waals surface area contributed by atoms with Crippen LogP contribution < -0.4 is 4.74 Å². The first-order chi connectivity index (χ1) is 14.0. The van der Waals surface area contributed by atoms with E-state index in [4.69, 9.17) is 9.47 Å². The molecule has 7 nitrogen and oxygen atoms in total. The van der Waals surface area contributed by atoms with Crippen LogP contribution in [0.5, 0.6) is 5.75 Å². The minimum absolute atomic E-state index is 0.0625. The molecule has 2 aromatic rings. The molecule has 0 radical (unpaired) electrons. The number of esters is 2. The summed E-state index contributed by atoms with van der Waals surface area (Å²) in [5, 5.41) is 0. The lowest BCUT2D eigenvalue weighted by Gasteiger charge is -2.13. The number of benzene rings is 2. The number of nitrogens with zero attached hydrogens (tertiary/aromatic N) is 1. The number of amides is 2. The Labute approximate surface area is 168 Å². The number of carbonyl (C=O) groups is 4. The van der Waals surface area contributed by atoms with Crippen LogP contribution in [0, 0.1) is 0 Å². The highest BCUT2D eigenvalue weighted by molar-refractivity contribution is 6.21. The zero-order valence-corrected chi connectivity index (χ0v) is 16.1. The molecule has 1 aliphatic rings. The monoisotopic (exact) mass is 395 g/mol. The minimum atomic E-state index is -0.583. The molecule has 0 aromatic heterocycles. The Bertz CT molecular complexity index is 900. The van der Waals surface area contributed by atoms with Crippen molar-refractivity contribution >= 4 is 23.8 Å². The number of unbranched alkanes of at least 4 members (excludes halogenated alkanes) is 1. The van der Waals surface area contributed by atoms with Crippen LogP contribution in [0.3, 0.4) is 0 Å². The summed E-state index contributed by atoms with van der Waals surface area (Å²) in [5.74, 6) is -1.57. The molecule has 1 aliphatic heterocycles. The Morgan fingerprint density at radius 1 is 0.931 bits per heavy atom. The van der Waals surface area contributed by atoms with Crippen LogP contribution in [-0.4, -0.2) is 41.8 Å². The molecule has 0 aliphatic carbocycles. The van der Waals surface area contributed by atoms with Crippen molar-refractivity contribution in [2.24, 2.45) is 0 Å². The first kappa shape index (κ1) is 20.3. The Balaban J connectivity index is 1.51. The second-order valence-corrected chi connectivity index (χ2v) is 6.55. The number of hydrogen-bond acceptors (Lipinski definition) is 6. The maximum absolute atomic E-state index is 12.3. The van der Waals surface area contributed by atoms with Crippen LogP contribution in [0.1, 0.15) is 57.3 Å². The molecule has 7 heteroatoms. The summed E-state index contributed by atoms with van der Waals surface area (Å²) in [4.78, 5) is 49.6. The summed E-state index contributed by atoms with van der Waals surface area (Å²) >= 11 is 0. The number of ether oxygens (including phenoxy) is 2. The quantitative estimate of drug-likeness (QED) is 0.295. The maximum Gasteiger partial charge on any atom is 0.338 e. The van der Waals surface area contributed by atoms with Crippen LogP contribution in [-0.2, 0) is 9.53 Å². The van der Waals surface area contributed by atoms with Gasteiger partial charge in [0.1, 0.15) is 5.75 Å². The third-order valence-electron chi connectivity index (χ3n) is 4.47. The van der Waals surface area contributed by atoms with Crippen LogP contribution in [0.2, 0.25) is 0 Å². The fourth-order valence-electron chi connectivity index (χ4n) is 2.88. The fraction of sp³-hybridized carbons (Fsp3) is 0.273. The first-order valence-corrected chi connectivity index (χ1v) is 9.44. The van der Waals surface area contributed by atoms with Gasteiger partial charge in [-0.3, -0.25) is 19.3 Å². The Kier molecular flexibility index (Phi) is 6.39. The molecule has 1 heterocycles. The van der Waals surface area contributed by atoms with E-state index in [1.54, 1.807) is 24.3 Å². The zero-order chi connectivity index (χ0) is 20.8. The molecular weight excluding hydrogens is 374 g/mol. The van der Waals surface area contributed by atoms with Gasteiger partial charge in [-0.25, -0.2) is 4.79 Å². The van der Waals surface area contributed by atoms with Crippen LogP contribution in [0.15, 0.2) is 48.5 Å². The topological polar surface area (TPSA) is 90.0 Å². The molecule has 0 saturated heterocycles. The second kappa shape index (κ2) is 9.14. The Morgan fingerprint density at radius 2 is 1.55 bits per heavy atom. The molecule has 2 aromatic carbocycles. The van der Waals surface area contributed by atoms with E-state index in [1.807, 2.05) is 6.92 Å². The molecular formula is C22H21NO6. The van der Waals surface area contributed by atoms with Crippen LogP contribution in [0.4, 0.5) is 0 Å². The molecule has 29 heavy (non-hydrogen) atoms. The van der Waals surface area contributed by atoms with Gasteiger partial charge in [0.15, 0.2) is 0 Å². The summed E-state index contributed by atoms with van der Waals surface area (Å²) in [6.07, 6.45) is 1.60. The van der Waals surface area contributed by atoms with Crippen molar-refractivity contribution in [1.82, 2.24) is 4.90 Å². The largest absolute Gasteiger partial charge is 0.462 e. The highest BCUT2D eigenvalue weighted by Crippen LogP contribution is 2.22. The zero-order valence-electron chi connectivity index (χ0n) is 16.1. The Morgan fingerprint density at radius 3 is 2.14 bits per heavy atom. The lowest BCUT2D eigenvalue weighted by atomic mass is 10.1. The van der Waals surface area contributed by atoms with Crippen molar-refractivity contribution in [1.29, 1.82) is 0 Å². The second-order valence-electron chi connectivity index (χ2n) is 6.55. The van der Waals surface area contributed by atoms with Gasteiger partial charge in [0.25, 0.3) is 11.8 Å². The van der Waals surface area contributed by atoms with E-state index in [0.717, 1.165) is 17.7 Å². The predicted octanol–water partition coefficient (Wildman–Crippen LogP) is 3.24. The summed E-state index contributed by atoms with van der Waals surface area (Å²) < 4.78 is 10.3. The lowest BCUT2D eigenvalue weighted by Crippen LogP contribution is -2.32. The van der Waals surface area contributed by atoms with E-state index >= 15 is 0 Å². The highest BCUT2D eigenvalue weighted by atomic mass is 16.5. The van der Waals surface area contributed by atoms with Gasteiger partial charge in [0.2, 0.25) is 0 Å². The molecule has 0 atom stereocenters. The molecule has 0 unspecified atom stereocenters. The van der Waals surface area contributed by atoms with Gasteiger partial charge in [-0.2, -0.15) is 0 Å². The van der Waals surface area contributed by atoms with Crippen LogP contribution in [0.25, 0.3) is 0 Å². The van der Waals surface area contributed by atoms with Gasteiger partial charge in [-0.05, 0) is 42.8 Å². The minimum Gasteiger partial charge on any atom is -0.462 e. The van der Waals surface area contributed by atoms with Crippen molar-refractivity contribution < 1.29 is 28.7 Å². The summed E-state index contributed by atoms with van der Waals surface area (Å²) in [6, 6.07) is 12.6. The van der Waals surface area contributed by atoms with E-state index < -0.39 is 23.8 Å². The lowest BCUT2D eigenvalue weighted by molar-refractivity contribution is -0.134. The van der Waals surface area contributed by atoms with Crippen molar-refractivity contribution in [3.8, 4) is 5.75 Å². The number of fused-ring (bicyclic) bond motifs is 1. The molecule has 2 amide bonds.